The third kappa shape index (κ3) is 1.84. The molecule has 0 saturated carbocycles. The molecular formula is C14H16BrN3O. The fraction of sp³-hybridized carbons (Fsp3) is 0.357. The minimum absolute atomic E-state index is 0.287. The number of furan rings is 1. The summed E-state index contributed by atoms with van der Waals surface area (Å²) < 4.78 is 7.05. The van der Waals surface area contributed by atoms with E-state index in [1.807, 2.05) is 12.1 Å². The molecule has 1 aliphatic heterocycles. The fourth-order valence-corrected chi connectivity index (χ4v) is 3.04. The number of hydrogen-bond acceptors (Lipinski definition) is 4. The first-order chi connectivity index (χ1) is 9.04. The molecule has 1 aromatic carbocycles. The van der Waals surface area contributed by atoms with E-state index >= 15 is 0 Å². The zero-order valence-corrected chi connectivity index (χ0v) is 12.6. The van der Waals surface area contributed by atoms with E-state index in [4.69, 9.17) is 10.2 Å². The Morgan fingerprint density at radius 1 is 1.47 bits per heavy atom. The number of rotatable bonds is 2. The molecular weight excluding hydrogens is 306 g/mol. The Balaban J connectivity index is 2.09. The molecule has 0 fully saturated rings. The van der Waals surface area contributed by atoms with Crippen LogP contribution in [0.25, 0.3) is 11.0 Å². The molecule has 0 amide bonds. The van der Waals surface area contributed by atoms with Crippen LogP contribution in [-0.2, 0) is 5.54 Å². The smallest absolute Gasteiger partial charge is 0.192 e. The second-order valence-electron chi connectivity index (χ2n) is 4.99. The first kappa shape index (κ1) is 12.5. The van der Waals surface area contributed by atoms with Crippen LogP contribution in [-0.4, -0.2) is 23.9 Å². The molecule has 1 aliphatic rings. The lowest BCUT2D eigenvalue weighted by Crippen LogP contribution is -2.46. The summed E-state index contributed by atoms with van der Waals surface area (Å²) in [7, 11) is 0. The zero-order valence-electron chi connectivity index (χ0n) is 11.0. The number of halogens is 1. The van der Waals surface area contributed by atoms with Gasteiger partial charge >= 0.3 is 0 Å². The predicted molar refractivity (Wildman–Crippen MR) is 80.1 cm³/mol. The SMILES string of the molecule is CCN1C(N)=NCC1(C)c1cc2cc(Br)ccc2o1. The largest absolute Gasteiger partial charge is 0.458 e. The van der Waals surface area contributed by atoms with Gasteiger partial charge < -0.3 is 15.1 Å². The molecule has 0 saturated heterocycles. The van der Waals surface area contributed by atoms with Crippen LogP contribution in [0, 0.1) is 0 Å². The average molecular weight is 322 g/mol. The first-order valence-corrected chi connectivity index (χ1v) is 7.11. The van der Waals surface area contributed by atoms with Gasteiger partial charge in [0.25, 0.3) is 0 Å². The molecule has 1 atom stereocenters. The Morgan fingerprint density at radius 3 is 3.00 bits per heavy atom. The number of aliphatic imine (C=N–C) groups is 1. The number of likely N-dealkylation sites (N-methyl/N-ethyl adjacent to an activating group) is 1. The molecule has 4 nitrogen and oxygen atoms in total. The highest BCUT2D eigenvalue weighted by atomic mass is 79.9. The molecule has 5 heteroatoms. The van der Waals surface area contributed by atoms with Crippen LogP contribution in [0.1, 0.15) is 19.6 Å². The summed E-state index contributed by atoms with van der Waals surface area (Å²) >= 11 is 3.48. The standard InChI is InChI=1S/C14H16BrN3O/c1-3-18-13(16)17-8-14(18,2)12-7-9-6-10(15)4-5-11(9)19-12/h4-7H,3,8H2,1-2H3,(H2,16,17). The number of benzene rings is 1. The highest BCUT2D eigenvalue weighted by Crippen LogP contribution is 2.36. The summed E-state index contributed by atoms with van der Waals surface area (Å²) in [5.41, 5.74) is 6.55. The second-order valence-corrected chi connectivity index (χ2v) is 5.90. The van der Waals surface area contributed by atoms with Crippen molar-refractivity contribution in [3.05, 3.63) is 34.5 Å². The quantitative estimate of drug-likeness (QED) is 0.924. The maximum Gasteiger partial charge on any atom is 0.192 e. The lowest BCUT2D eigenvalue weighted by Gasteiger charge is -2.33. The van der Waals surface area contributed by atoms with Gasteiger partial charge in [-0.25, -0.2) is 0 Å². The van der Waals surface area contributed by atoms with Crippen molar-refractivity contribution < 1.29 is 4.42 Å². The monoisotopic (exact) mass is 321 g/mol. The molecule has 3 rings (SSSR count). The number of hydrogen-bond donors (Lipinski definition) is 1. The van der Waals surface area contributed by atoms with Crippen LogP contribution in [0.15, 0.2) is 38.1 Å². The molecule has 1 unspecified atom stereocenters. The van der Waals surface area contributed by atoms with Gasteiger partial charge in [0.1, 0.15) is 16.9 Å². The molecule has 0 bridgehead atoms. The van der Waals surface area contributed by atoms with Crippen LogP contribution in [0.5, 0.6) is 0 Å². The van der Waals surface area contributed by atoms with Gasteiger partial charge in [-0.15, -0.1) is 0 Å². The average Bonchev–Trinajstić information content (AvgIpc) is 2.91. The molecule has 0 spiro atoms. The minimum Gasteiger partial charge on any atom is -0.458 e. The Labute approximate surface area is 120 Å². The lowest BCUT2D eigenvalue weighted by atomic mass is 9.97. The molecule has 2 N–H and O–H groups in total. The van der Waals surface area contributed by atoms with Crippen molar-refractivity contribution in [1.29, 1.82) is 0 Å². The van der Waals surface area contributed by atoms with Gasteiger partial charge in [0, 0.05) is 16.4 Å². The number of guanidine groups is 1. The molecule has 0 aliphatic carbocycles. The molecule has 1 aromatic heterocycles. The molecule has 2 heterocycles. The van der Waals surface area contributed by atoms with Gasteiger partial charge in [0.2, 0.25) is 0 Å². The molecule has 2 aromatic rings. The van der Waals surface area contributed by atoms with Crippen molar-refractivity contribution in [1.82, 2.24) is 4.90 Å². The summed E-state index contributed by atoms with van der Waals surface area (Å²) in [6, 6.07) is 8.09. The van der Waals surface area contributed by atoms with Gasteiger partial charge in [-0.1, -0.05) is 15.9 Å². The number of nitrogens with zero attached hydrogens (tertiary/aromatic N) is 2. The minimum atomic E-state index is -0.287. The van der Waals surface area contributed by atoms with Crippen LogP contribution < -0.4 is 5.73 Å². The van der Waals surface area contributed by atoms with E-state index in [0.717, 1.165) is 27.7 Å². The van der Waals surface area contributed by atoms with Crippen molar-refractivity contribution >= 4 is 32.9 Å². The highest BCUT2D eigenvalue weighted by Gasteiger charge is 2.41. The lowest BCUT2D eigenvalue weighted by molar-refractivity contribution is 0.198. The van der Waals surface area contributed by atoms with Crippen molar-refractivity contribution in [2.75, 3.05) is 13.1 Å². The summed E-state index contributed by atoms with van der Waals surface area (Å²) in [4.78, 5) is 6.44. The van der Waals surface area contributed by atoms with Gasteiger partial charge in [-0.3, -0.25) is 4.99 Å². The maximum atomic E-state index is 6.00. The van der Waals surface area contributed by atoms with Gasteiger partial charge in [0.15, 0.2) is 5.96 Å². The van der Waals surface area contributed by atoms with E-state index in [-0.39, 0.29) is 5.54 Å². The summed E-state index contributed by atoms with van der Waals surface area (Å²) in [5.74, 6) is 1.50. The van der Waals surface area contributed by atoms with E-state index in [9.17, 15) is 0 Å². The van der Waals surface area contributed by atoms with Crippen molar-refractivity contribution in [2.45, 2.75) is 19.4 Å². The van der Waals surface area contributed by atoms with E-state index in [2.05, 4.69) is 51.8 Å². The number of fused-ring (bicyclic) bond motifs is 1. The van der Waals surface area contributed by atoms with Crippen molar-refractivity contribution in [3.8, 4) is 0 Å². The third-order valence-electron chi connectivity index (χ3n) is 3.75. The van der Waals surface area contributed by atoms with E-state index in [1.165, 1.54) is 0 Å². The molecule has 100 valence electrons. The second kappa shape index (κ2) is 4.27. The third-order valence-corrected chi connectivity index (χ3v) is 4.24. The predicted octanol–water partition coefficient (Wildman–Crippen LogP) is 3.06. The maximum absolute atomic E-state index is 6.00. The molecule has 19 heavy (non-hydrogen) atoms. The van der Waals surface area contributed by atoms with Gasteiger partial charge in [0.05, 0.1) is 6.54 Å². The Kier molecular flexibility index (Phi) is 2.82. The van der Waals surface area contributed by atoms with E-state index < -0.39 is 0 Å². The zero-order chi connectivity index (χ0) is 13.6. The topological polar surface area (TPSA) is 54.8 Å². The Morgan fingerprint density at radius 2 is 2.26 bits per heavy atom. The van der Waals surface area contributed by atoms with Gasteiger partial charge in [-0.05, 0) is 38.1 Å². The van der Waals surface area contributed by atoms with Crippen LogP contribution in [0.4, 0.5) is 0 Å². The summed E-state index contributed by atoms with van der Waals surface area (Å²) in [6.45, 7) is 5.64. The van der Waals surface area contributed by atoms with Crippen LogP contribution >= 0.6 is 15.9 Å². The Hall–Kier alpha value is -1.49. The van der Waals surface area contributed by atoms with Crippen molar-refractivity contribution in [3.63, 3.8) is 0 Å². The van der Waals surface area contributed by atoms with Crippen LogP contribution in [0.3, 0.4) is 0 Å². The normalized spacial score (nSPS) is 23.1. The van der Waals surface area contributed by atoms with Crippen LogP contribution in [0.2, 0.25) is 0 Å². The summed E-state index contributed by atoms with van der Waals surface area (Å²) in [5, 5.41) is 1.09. The summed E-state index contributed by atoms with van der Waals surface area (Å²) in [6.07, 6.45) is 0. The van der Waals surface area contributed by atoms with Gasteiger partial charge in [-0.2, -0.15) is 0 Å². The van der Waals surface area contributed by atoms with Crippen molar-refractivity contribution in [2.24, 2.45) is 10.7 Å². The highest BCUT2D eigenvalue weighted by molar-refractivity contribution is 9.10. The fourth-order valence-electron chi connectivity index (χ4n) is 2.66. The first-order valence-electron chi connectivity index (χ1n) is 6.32. The number of nitrogens with two attached hydrogens (primary N) is 1. The van der Waals surface area contributed by atoms with E-state index in [1.54, 1.807) is 0 Å². The Bertz CT molecular complexity index is 664. The van der Waals surface area contributed by atoms with E-state index in [0.29, 0.717) is 12.5 Å². The molecule has 0 radical (unpaired) electrons.